The normalized spacial score (nSPS) is 12.0. The number of pyridine rings is 1. The van der Waals surface area contributed by atoms with Crippen LogP contribution in [0.25, 0.3) is 38.8 Å². The molecule has 0 bridgehead atoms. The van der Waals surface area contributed by atoms with Crippen LogP contribution in [0.5, 0.6) is 0 Å². The van der Waals surface area contributed by atoms with E-state index in [0.717, 1.165) is 49.2 Å². The van der Waals surface area contributed by atoms with Gasteiger partial charge >= 0.3 is 0 Å². The number of benzene rings is 4. The third kappa shape index (κ3) is 3.71. The highest BCUT2D eigenvalue weighted by molar-refractivity contribution is 7.07. The van der Waals surface area contributed by atoms with E-state index < -0.39 is 0 Å². The summed E-state index contributed by atoms with van der Waals surface area (Å²) in [5.41, 5.74) is 7.25. The molecule has 2 heterocycles. The molecule has 164 valence electrons. The van der Waals surface area contributed by atoms with Crippen molar-refractivity contribution in [1.82, 2.24) is 9.55 Å². The van der Waals surface area contributed by atoms with Crippen molar-refractivity contribution >= 4 is 50.4 Å². The van der Waals surface area contributed by atoms with Crippen LogP contribution in [0.1, 0.15) is 5.56 Å². The van der Waals surface area contributed by atoms with Gasteiger partial charge in [-0.3, -0.25) is 4.57 Å². The van der Waals surface area contributed by atoms with Gasteiger partial charge in [0.1, 0.15) is 0 Å². The average Bonchev–Trinajstić information content (AvgIpc) is 3.29. The maximum Gasteiger partial charge on any atom is 0.195 e. The van der Waals surface area contributed by atoms with E-state index in [9.17, 15) is 0 Å². The standard InChI is InChI=1S/C29H20ClN3S/c1-19-11-16-26-24(17-19)28(23-9-5-6-10-25(23)31-26)32-29-33(22-14-12-21(30)13-15-22)27(18-34-29)20-7-3-2-4-8-20/h2-18H,1H3. The highest BCUT2D eigenvalue weighted by atomic mass is 35.5. The van der Waals surface area contributed by atoms with Crippen LogP contribution in [-0.4, -0.2) is 9.55 Å². The quantitative estimate of drug-likeness (QED) is 0.237. The largest absolute Gasteiger partial charge is 0.285 e. The lowest BCUT2D eigenvalue weighted by Gasteiger charge is -2.11. The molecule has 0 saturated carbocycles. The molecule has 4 aromatic carbocycles. The Morgan fingerprint density at radius 2 is 1.53 bits per heavy atom. The first kappa shape index (κ1) is 20.8. The Balaban J connectivity index is 1.71. The lowest BCUT2D eigenvalue weighted by atomic mass is 10.1. The van der Waals surface area contributed by atoms with Crippen LogP contribution in [0.2, 0.25) is 5.02 Å². The second-order valence-electron chi connectivity index (χ2n) is 8.19. The number of thiazole rings is 1. The van der Waals surface area contributed by atoms with Gasteiger partial charge in [0.25, 0.3) is 0 Å². The van der Waals surface area contributed by atoms with E-state index in [1.165, 1.54) is 5.56 Å². The van der Waals surface area contributed by atoms with Gasteiger partial charge in [-0.15, -0.1) is 11.3 Å². The summed E-state index contributed by atoms with van der Waals surface area (Å²) in [7, 11) is 0. The topological polar surface area (TPSA) is 30.2 Å². The third-order valence-electron chi connectivity index (χ3n) is 5.88. The molecule has 0 amide bonds. The second kappa shape index (κ2) is 8.56. The molecule has 0 unspecified atom stereocenters. The fourth-order valence-corrected chi connectivity index (χ4v) is 5.28. The molecule has 0 radical (unpaired) electrons. The van der Waals surface area contributed by atoms with Gasteiger partial charge in [-0.1, -0.05) is 71.8 Å². The van der Waals surface area contributed by atoms with E-state index in [1.807, 2.05) is 48.5 Å². The van der Waals surface area contributed by atoms with Crippen LogP contribution >= 0.6 is 22.9 Å². The van der Waals surface area contributed by atoms with Gasteiger partial charge in [0.05, 0.1) is 22.4 Å². The van der Waals surface area contributed by atoms with E-state index in [2.05, 4.69) is 65.4 Å². The summed E-state index contributed by atoms with van der Waals surface area (Å²) in [5.74, 6) is 0. The zero-order valence-corrected chi connectivity index (χ0v) is 20.0. The summed E-state index contributed by atoms with van der Waals surface area (Å²) < 4.78 is 2.20. The van der Waals surface area contributed by atoms with E-state index in [0.29, 0.717) is 5.02 Å². The molecule has 6 aromatic rings. The van der Waals surface area contributed by atoms with Gasteiger partial charge in [-0.2, -0.15) is 0 Å². The Hall–Kier alpha value is -3.73. The zero-order chi connectivity index (χ0) is 23.1. The van der Waals surface area contributed by atoms with Crippen LogP contribution in [0.4, 0.5) is 5.69 Å². The van der Waals surface area contributed by atoms with Crippen molar-refractivity contribution in [3.63, 3.8) is 0 Å². The van der Waals surface area contributed by atoms with Crippen LogP contribution in [0.3, 0.4) is 0 Å². The summed E-state index contributed by atoms with van der Waals surface area (Å²) in [5, 5.41) is 4.97. The molecule has 0 N–H and O–H groups in total. The molecule has 0 atom stereocenters. The minimum atomic E-state index is 0.709. The molecule has 0 aliphatic heterocycles. The first-order chi connectivity index (χ1) is 16.7. The molecule has 0 fully saturated rings. The number of hydrogen-bond acceptors (Lipinski definition) is 3. The summed E-state index contributed by atoms with van der Waals surface area (Å²) in [6.07, 6.45) is 0. The Labute approximate surface area is 206 Å². The van der Waals surface area contributed by atoms with Crippen LogP contribution in [0.15, 0.2) is 107 Å². The van der Waals surface area contributed by atoms with Crippen molar-refractivity contribution in [3.8, 4) is 16.9 Å². The van der Waals surface area contributed by atoms with E-state index in [-0.39, 0.29) is 0 Å². The highest BCUT2D eigenvalue weighted by Crippen LogP contribution is 2.34. The van der Waals surface area contributed by atoms with Crippen molar-refractivity contribution in [3.05, 3.63) is 118 Å². The number of fused-ring (bicyclic) bond motifs is 2. The van der Waals surface area contributed by atoms with Gasteiger partial charge in [-0.05, 0) is 55.0 Å². The first-order valence-electron chi connectivity index (χ1n) is 11.0. The number of halogens is 1. The summed E-state index contributed by atoms with van der Waals surface area (Å²) >= 11 is 7.84. The monoisotopic (exact) mass is 477 g/mol. The highest BCUT2D eigenvalue weighted by Gasteiger charge is 2.13. The van der Waals surface area contributed by atoms with Crippen molar-refractivity contribution < 1.29 is 0 Å². The summed E-state index contributed by atoms with van der Waals surface area (Å²) in [6.45, 7) is 2.10. The number of aromatic nitrogens is 2. The molecular weight excluding hydrogens is 458 g/mol. The fourth-order valence-electron chi connectivity index (χ4n) is 4.24. The van der Waals surface area contributed by atoms with Crippen LogP contribution < -0.4 is 4.80 Å². The molecule has 2 aromatic heterocycles. The molecule has 5 heteroatoms. The number of hydrogen-bond donors (Lipinski definition) is 0. The maximum absolute atomic E-state index is 6.21. The van der Waals surface area contributed by atoms with Crippen LogP contribution in [-0.2, 0) is 0 Å². The minimum absolute atomic E-state index is 0.709. The molecule has 0 aliphatic carbocycles. The van der Waals surface area contributed by atoms with Crippen molar-refractivity contribution in [2.45, 2.75) is 6.92 Å². The lowest BCUT2D eigenvalue weighted by Crippen LogP contribution is -2.13. The number of aryl methyl sites for hydroxylation is 1. The number of para-hydroxylation sites is 1. The lowest BCUT2D eigenvalue weighted by molar-refractivity contribution is 1.01. The van der Waals surface area contributed by atoms with Gasteiger partial charge in [0.15, 0.2) is 4.80 Å². The Morgan fingerprint density at radius 3 is 2.35 bits per heavy atom. The maximum atomic E-state index is 6.21. The van der Waals surface area contributed by atoms with Gasteiger partial charge in [0.2, 0.25) is 0 Å². The Morgan fingerprint density at radius 1 is 0.794 bits per heavy atom. The van der Waals surface area contributed by atoms with E-state index in [1.54, 1.807) is 11.3 Å². The Bertz CT molecular complexity index is 1710. The third-order valence-corrected chi connectivity index (χ3v) is 6.95. The van der Waals surface area contributed by atoms with E-state index >= 15 is 0 Å². The summed E-state index contributed by atoms with van der Waals surface area (Å²) in [4.78, 5) is 11.1. The van der Waals surface area contributed by atoms with Crippen LogP contribution in [0, 0.1) is 6.92 Å². The second-order valence-corrected chi connectivity index (χ2v) is 9.46. The molecule has 0 aliphatic rings. The van der Waals surface area contributed by atoms with Gasteiger partial charge < -0.3 is 0 Å². The molecule has 0 spiro atoms. The van der Waals surface area contributed by atoms with Crippen molar-refractivity contribution in [2.24, 2.45) is 4.99 Å². The fraction of sp³-hybridized carbons (Fsp3) is 0.0345. The number of rotatable bonds is 3. The van der Waals surface area contributed by atoms with Gasteiger partial charge in [0, 0.05) is 26.9 Å². The van der Waals surface area contributed by atoms with E-state index in [4.69, 9.17) is 21.6 Å². The molecule has 3 nitrogen and oxygen atoms in total. The van der Waals surface area contributed by atoms with Crippen molar-refractivity contribution in [2.75, 3.05) is 0 Å². The Kier molecular flexibility index (Phi) is 5.25. The SMILES string of the molecule is Cc1ccc2nc3ccccc3c(N=c3scc(-c4ccccc4)n3-c3ccc(Cl)cc3)c2c1. The molecule has 34 heavy (non-hydrogen) atoms. The molecular formula is C29H20ClN3S. The predicted octanol–water partition coefficient (Wildman–Crippen LogP) is 8.10. The number of nitrogens with zero attached hydrogens (tertiary/aromatic N) is 3. The minimum Gasteiger partial charge on any atom is -0.285 e. The molecule has 6 rings (SSSR count). The van der Waals surface area contributed by atoms with Crippen molar-refractivity contribution in [1.29, 1.82) is 0 Å². The smallest absolute Gasteiger partial charge is 0.195 e. The van der Waals surface area contributed by atoms with Gasteiger partial charge in [-0.25, -0.2) is 9.98 Å². The zero-order valence-electron chi connectivity index (χ0n) is 18.4. The first-order valence-corrected chi connectivity index (χ1v) is 12.3. The summed E-state index contributed by atoms with van der Waals surface area (Å²) in [6, 6.07) is 32.9. The molecule has 0 saturated heterocycles. The predicted molar refractivity (Wildman–Crippen MR) is 143 cm³/mol. The average molecular weight is 478 g/mol.